The number of hydrogen-bond acceptors (Lipinski definition) is 3. The summed E-state index contributed by atoms with van der Waals surface area (Å²) >= 11 is 0. The summed E-state index contributed by atoms with van der Waals surface area (Å²) in [6.07, 6.45) is 3.30. The Morgan fingerprint density at radius 2 is 1.65 bits per heavy atom. The first kappa shape index (κ1) is 25.4. The van der Waals surface area contributed by atoms with Crippen LogP contribution in [0.2, 0.25) is 0 Å². The number of aryl methyl sites for hydroxylation is 1. The van der Waals surface area contributed by atoms with Crippen LogP contribution in [0.5, 0.6) is 0 Å². The van der Waals surface area contributed by atoms with Crippen molar-refractivity contribution in [1.82, 2.24) is 19.8 Å². The van der Waals surface area contributed by atoms with Crippen molar-refractivity contribution in [2.24, 2.45) is 0 Å². The maximum atomic E-state index is 13.7. The standard InChI is InChI=1S/C27H35FN4O2/c1-19(2)32(20(3)4)26(33)18-31-24-15-10-9-14-23(24)30-25(31)16-6-5-11-17-29-27(34)21-12-7-8-13-22(21)28/h7-10,12-15,19-20H,5-6,11,16-18H2,1-4H3,(H,29,34). The molecule has 1 heterocycles. The van der Waals surface area contributed by atoms with Gasteiger partial charge in [-0.2, -0.15) is 0 Å². The van der Waals surface area contributed by atoms with Gasteiger partial charge in [0.25, 0.3) is 5.91 Å². The highest BCUT2D eigenvalue weighted by Crippen LogP contribution is 2.19. The number of carbonyl (C=O) groups is 2. The topological polar surface area (TPSA) is 67.2 Å². The van der Waals surface area contributed by atoms with Gasteiger partial charge in [-0.25, -0.2) is 9.37 Å². The molecule has 0 aliphatic carbocycles. The molecule has 7 heteroatoms. The summed E-state index contributed by atoms with van der Waals surface area (Å²) in [6.45, 7) is 8.90. The van der Waals surface area contributed by atoms with E-state index < -0.39 is 11.7 Å². The number of halogens is 1. The lowest BCUT2D eigenvalue weighted by Crippen LogP contribution is -2.43. The number of hydrogen-bond donors (Lipinski definition) is 1. The van der Waals surface area contributed by atoms with Crippen molar-refractivity contribution < 1.29 is 14.0 Å². The van der Waals surface area contributed by atoms with Crippen LogP contribution in [0.25, 0.3) is 11.0 Å². The molecule has 1 N–H and O–H groups in total. The highest BCUT2D eigenvalue weighted by atomic mass is 19.1. The first-order chi connectivity index (χ1) is 16.3. The number of amides is 2. The van der Waals surface area contributed by atoms with Gasteiger partial charge in [-0.05, 0) is 64.8 Å². The van der Waals surface area contributed by atoms with Crippen LogP contribution in [0.15, 0.2) is 48.5 Å². The minimum Gasteiger partial charge on any atom is -0.352 e. The number of nitrogens with zero attached hydrogens (tertiary/aromatic N) is 3. The highest BCUT2D eigenvalue weighted by Gasteiger charge is 2.22. The zero-order valence-corrected chi connectivity index (χ0v) is 20.6. The molecule has 0 spiro atoms. The first-order valence-corrected chi connectivity index (χ1v) is 12.1. The Morgan fingerprint density at radius 1 is 0.971 bits per heavy atom. The Balaban J connectivity index is 1.58. The average Bonchev–Trinajstić information content (AvgIpc) is 3.13. The van der Waals surface area contributed by atoms with Gasteiger partial charge in [-0.1, -0.05) is 30.7 Å². The molecule has 6 nitrogen and oxygen atoms in total. The van der Waals surface area contributed by atoms with Crippen LogP contribution < -0.4 is 5.32 Å². The molecule has 2 amide bonds. The van der Waals surface area contributed by atoms with E-state index in [-0.39, 0.29) is 30.1 Å². The smallest absolute Gasteiger partial charge is 0.254 e. The molecule has 0 radical (unpaired) electrons. The normalized spacial score (nSPS) is 11.4. The van der Waals surface area contributed by atoms with Crippen molar-refractivity contribution in [3.05, 3.63) is 65.7 Å². The molecule has 2 aromatic carbocycles. The van der Waals surface area contributed by atoms with Gasteiger partial charge in [-0.3, -0.25) is 9.59 Å². The van der Waals surface area contributed by atoms with Crippen LogP contribution in [-0.4, -0.2) is 44.9 Å². The van der Waals surface area contributed by atoms with E-state index in [4.69, 9.17) is 4.98 Å². The molecular weight excluding hydrogens is 431 g/mol. The summed E-state index contributed by atoms with van der Waals surface area (Å²) in [6, 6.07) is 14.1. The van der Waals surface area contributed by atoms with Gasteiger partial charge in [0.05, 0.1) is 16.6 Å². The maximum Gasteiger partial charge on any atom is 0.254 e. The minimum absolute atomic E-state index is 0.0673. The monoisotopic (exact) mass is 466 g/mol. The van der Waals surface area contributed by atoms with Crippen molar-refractivity contribution >= 4 is 22.8 Å². The molecule has 0 atom stereocenters. The summed E-state index contributed by atoms with van der Waals surface area (Å²) in [7, 11) is 0. The van der Waals surface area contributed by atoms with Gasteiger partial charge in [-0.15, -0.1) is 0 Å². The fraction of sp³-hybridized carbons (Fsp3) is 0.444. The second-order valence-electron chi connectivity index (χ2n) is 9.14. The number of carbonyl (C=O) groups excluding carboxylic acids is 2. The van der Waals surface area contributed by atoms with Crippen molar-refractivity contribution in [1.29, 1.82) is 0 Å². The Kier molecular flexibility index (Phi) is 8.79. The maximum absolute atomic E-state index is 13.7. The van der Waals surface area contributed by atoms with Crippen molar-refractivity contribution in [2.45, 2.75) is 72.0 Å². The molecule has 182 valence electrons. The summed E-state index contributed by atoms with van der Waals surface area (Å²) in [5.41, 5.74) is 1.93. The fourth-order valence-corrected chi connectivity index (χ4v) is 4.41. The third kappa shape index (κ3) is 6.22. The SMILES string of the molecule is CC(C)N(C(=O)Cn1c(CCCCCNC(=O)c2ccccc2F)nc2ccccc21)C(C)C. The number of para-hydroxylation sites is 2. The number of unbranched alkanes of at least 4 members (excludes halogenated alkanes) is 2. The molecule has 34 heavy (non-hydrogen) atoms. The van der Waals surface area contributed by atoms with Gasteiger partial charge >= 0.3 is 0 Å². The van der Waals surface area contributed by atoms with Gasteiger partial charge in [0, 0.05) is 25.0 Å². The summed E-state index contributed by atoms with van der Waals surface area (Å²) in [5, 5.41) is 2.78. The summed E-state index contributed by atoms with van der Waals surface area (Å²) in [5.74, 6) is 0.0860. The third-order valence-electron chi connectivity index (χ3n) is 5.91. The molecule has 3 aromatic rings. The number of aromatic nitrogens is 2. The number of rotatable bonds is 11. The first-order valence-electron chi connectivity index (χ1n) is 12.1. The van der Waals surface area contributed by atoms with E-state index in [2.05, 4.69) is 5.32 Å². The lowest BCUT2D eigenvalue weighted by atomic mass is 10.1. The molecule has 1 aromatic heterocycles. The largest absolute Gasteiger partial charge is 0.352 e. The molecule has 0 aliphatic heterocycles. The van der Waals surface area contributed by atoms with Crippen molar-refractivity contribution in [2.75, 3.05) is 6.54 Å². The lowest BCUT2D eigenvalue weighted by molar-refractivity contribution is -0.135. The number of nitrogens with one attached hydrogen (secondary N) is 1. The number of imidazole rings is 1. The predicted molar refractivity (Wildman–Crippen MR) is 133 cm³/mol. The third-order valence-corrected chi connectivity index (χ3v) is 5.91. The molecule has 0 bridgehead atoms. The van der Waals surface area contributed by atoms with Gasteiger partial charge in [0.2, 0.25) is 5.91 Å². The number of fused-ring (bicyclic) bond motifs is 1. The fourth-order valence-electron chi connectivity index (χ4n) is 4.41. The Bertz CT molecular complexity index is 1110. The second kappa shape index (κ2) is 11.8. The Hall–Kier alpha value is -3.22. The van der Waals surface area contributed by atoms with Crippen LogP contribution in [0.3, 0.4) is 0 Å². The molecular formula is C27H35FN4O2. The zero-order chi connectivity index (χ0) is 24.7. The van der Waals surface area contributed by atoms with E-state index in [1.807, 2.05) is 61.4 Å². The van der Waals surface area contributed by atoms with E-state index in [0.717, 1.165) is 42.5 Å². The van der Waals surface area contributed by atoms with Crippen LogP contribution in [0.4, 0.5) is 4.39 Å². The average molecular weight is 467 g/mol. The van der Waals surface area contributed by atoms with E-state index >= 15 is 0 Å². The summed E-state index contributed by atoms with van der Waals surface area (Å²) in [4.78, 5) is 31.9. The van der Waals surface area contributed by atoms with Crippen molar-refractivity contribution in [3.8, 4) is 0 Å². The van der Waals surface area contributed by atoms with Crippen LogP contribution in [0.1, 0.15) is 63.1 Å². The zero-order valence-electron chi connectivity index (χ0n) is 20.6. The lowest BCUT2D eigenvalue weighted by Gasteiger charge is -2.31. The van der Waals surface area contributed by atoms with E-state index in [9.17, 15) is 14.0 Å². The predicted octanol–water partition coefficient (Wildman–Crippen LogP) is 4.96. The molecule has 3 rings (SSSR count). The van der Waals surface area contributed by atoms with E-state index in [1.165, 1.54) is 12.1 Å². The highest BCUT2D eigenvalue weighted by molar-refractivity contribution is 5.94. The van der Waals surface area contributed by atoms with Crippen molar-refractivity contribution in [3.63, 3.8) is 0 Å². The van der Waals surface area contributed by atoms with Gasteiger partial charge in [0.15, 0.2) is 0 Å². The summed E-state index contributed by atoms with van der Waals surface area (Å²) < 4.78 is 15.8. The van der Waals surface area contributed by atoms with Crippen LogP contribution in [-0.2, 0) is 17.8 Å². The Morgan fingerprint density at radius 3 is 2.35 bits per heavy atom. The molecule has 0 saturated heterocycles. The molecule has 0 aliphatic rings. The number of benzene rings is 2. The van der Waals surface area contributed by atoms with E-state index in [0.29, 0.717) is 6.54 Å². The van der Waals surface area contributed by atoms with E-state index in [1.54, 1.807) is 12.1 Å². The molecule has 0 saturated carbocycles. The van der Waals surface area contributed by atoms with Gasteiger partial charge < -0.3 is 14.8 Å². The molecule has 0 fully saturated rings. The Labute approximate surface area is 201 Å². The minimum atomic E-state index is -0.512. The van der Waals surface area contributed by atoms with Crippen LogP contribution in [0, 0.1) is 5.82 Å². The second-order valence-corrected chi connectivity index (χ2v) is 9.14. The quantitative estimate of drug-likeness (QED) is 0.406. The molecule has 0 unspecified atom stereocenters. The van der Waals surface area contributed by atoms with Crippen LogP contribution >= 0.6 is 0 Å². The van der Waals surface area contributed by atoms with Gasteiger partial charge in [0.1, 0.15) is 18.2 Å².